The van der Waals surface area contributed by atoms with E-state index >= 15 is 0 Å². The first kappa shape index (κ1) is 13.6. The van der Waals surface area contributed by atoms with Gasteiger partial charge in [0.25, 0.3) is 0 Å². The van der Waals surface area contributed by atoms with Gasteiger partial charge in [0.1, 0.15) is 11.2 Å². The molecule has 1 atom stereocenters. The van der Waals surface area contributed by atoms with Crippen molar-refractivity contribution in [2.75, 3.05) is 5.32 Å². The maximum atomic E-state index is 10.9. The Morgan fingerprint density at radius 2 is 2.21 bits per heavy atom. The topological polar surface area (TPSA) is 93.8 Å². The van der Waals surface area contributed by atoms with Crippen molar-refractivity contribution in [3.05, 3.63) is 37.7 Å². The number of nitro groups is 1. The molecule has 0 aliphatic rings. The van der Waals surface area contributed by atoms with Crippen molar-refractivity contribution in [1.29, 1.82) is 0 Å². The van der Waals surface area contributed by atoms with E-state index in [-0.39, 0.29) is 22.8 Å². The molecule has 0 fully saturated rings. The second-order valence-electron chi connectivity index (χ2n) is 3.81. The lowest BCUT2D eigenvalue weighted by atomic mass is 10.3. The second kappa shape index (κ2) is 5.45. The van der Waals surface area contributed by atoms with E-state index in [0.717, 1.165) is 16.1 Å². The minimum absolute atomic E-state index is 0.0457. The largest absolute Gasteiger partial charge is 0.355 e. The van der Waals surface area contributed by atoms with Gasteiger partial charge in [-0.3, -0.25) is 10.1 Å². The zero-order chi connectivity index (χ0) is 14.0. The number of halogens is 1. The quantitative estimate of drug-likeness (QED) is 0.530. The van der Waals surface area contributed by atoms with Gasteiger partial charge in [-0.2, -0.15) is 4.98 Å². The fourth-order valence-electron chi connectivity index (χ4n) is 1.43. The molecule has 0 aliphatic heterocycles. The number of thiazole rings is 1. The maximum Gasteiger partial charge on any atom is 0.329 e. The zero-order valence-corrected chi connectivity index (χ0v) is 11.7. The van der Waals surface area contributed by atoms with Crippen LogP contribution in [0.1, 0.15) is 22.9 Å². The fraction of sp³-hybridized carbons (Fsp3) is 0.300. The van der Waals surface area contributed by atoms with Gasteiger partial charge < -0.3 is 5.32 Å². The standard InChI is InChI=1S/C10H10ClN5O2S/c1-5-3-12-9(19-5)6(2)14-8-7(16(17)18)4-13-10(11)15-8/h3-4,6H,1-2H3,(H,13,14,15). The third-order valence-electron chi connectivity index (χ3n) is 2.30. The lowest BCUT2D eigenvalue weighted by Gasteiger charge is -2.11. The molecule has 19 heavy (non-hydrogen) atoms. The van der Waals surface area contributed by atoms with Crippen molar-refractivity contribution >= 4 is 34.4 Å². The van der Waals surface area contributed by atoms with Gasteiger partial charge in [0.05, 0.1) is 11.0 Å². The van der Waals surface area contributed by atoms with Crippen LogP contribution in [0.4, 0.5) is 11.5 Å². The van der Waals surface area contributed by atoms with Crippen molar-refractivity contribution < 1.29 is 4.92 Å². The molecular weight excluding hydrogens is 290 g/mol. The summed E-state index contributed by atoms with van der Waals surface area (Å²) in [5.41, 5.74) is -0.218. The minimum Gasteiger partial charge on any atom is -0.355 e. The van der Waals surface area contributed by atoms with Crippen LogP contribution < -0.4 is 5.32 Å². The molecule has 2 rings (SSSR count). The molecule has 0 radical (unpaired) electrons. The molecule has 2 heterocycles. The zero-order valence-electron chi connectivity index (χ0n) is 10.1. The van der Waals surface area contributed by atoms with Crippen LogP contribution in [0, 0.1) is 17.0 Å². The molecule has 0 saturated heterocycles. The Balaban J connectivity index is 2.27. The summed E-state index contributed by atoms with van der Waals surface area (Å²) >= 11 is 7.17. The van der Waals surface area contributed by atoms with Crippen LogP contribution >= 0.6 is 22.9 Å². The van der Waals surface area contributed by atoms with E-state index in [2.05, 4.69) is 20.3 Å². The lowest BCUT2D eigenvalue weighted by Crippen LogP contribution is -2.10. The van der Waals surface area contributed by atoms with Gasteiger partial charge in [0.15, 0.2) is 0 Å². The van der Waals surface area contributed by atoms with Crippen molar-refractivity contribution in [2.24, 2.45) is 0 Å². The third-order valence-corrected chi connectivity index (χ3v) is 3.58. The van der Waals surface area contributed by atoms with Crippen LogP contribution in [0.3, 0.4) is 0 Å². The summed E-state index contributed by atoms with van der Waals surface area (Å²) in [4.78, 5) is 23.1. The Kier molecular flexibility index (Phi) is 3.91. The van der Waals surface area contributed by atoms with Gasteiger partial charge in [-0.25, -0.2) is 9.97 Å². The van der Waals surface area contributed by atoms with Gasteiger partial charge in [0, 0.05) is 11.1 Å². The molecule has 0 bridgehead atoms. The number of hydrogen-bond acceptors (Lipinski definition) is 7. The highest BCUT2D eigenvalue weighted by molar-refractivity contribution is 7.11. The Labute approximate surface area is 117 Å². The number of hydrogen-bond donors (Lipinski definition) is 1. The van der Waals surface area contributed by atoms with E-state index in [9.17, 15) is 10.1 Å². The summed E-state index contributed by atoms with van der Waals surface area (Å²) in [5, 5.41) is 14.6. The van der Waals surface area contributed by atoms with Crippen molar-refractivity contribution in [3.8, 4) is 0 Å². The monoisotopic (exact) mass is 299 g/mol. The van der Waals surface area contributed by atoms with E-state index in [1.54, 1.807) is 6.20 Å². The molecule has 0 amide bonds. The minimum atomic E-state index is -0.557. The summed E-state index contributed by atoms with van der Waals surface area (Å²) in [6.45, 7) is 3.79. The van der Waals surface area contributed by atoms with E-state index in [1.165, 1.54) is 11.3 Å². The fourth-order valence-corrected chi connectivity index (χ4v) is 2.34. The number of nitrogens with zero attached hydrogens (tertiary/aromatic N) is 4. The first-order valence-electron chi connectivity index (χ1n) is 5.33. The highest BCUT2D eigenvalue weighted by atomic mass is 35.5. The summed E-state index contributed by atoms with van der Waals surface area (Å²) in [6, 6.07) is -0.205. The Hall–Kier alpha value is -1.80. The summed E-state index contributed by atoms with van der Waals surface area (Å²) in [7, 11) is 0. The van der Waals surface area contributed by atoms with Crippen LogP contribution in [0.5, 0.6) is 0 Å². The SMILES string of the molecule is Cc1cnc(C(C)Nc2nc(Cl)ncc2[N+](=O)[O-])s1. The van der Waals surface area contributed by atoms with Crippen LogP contribution in [0.15, 0.2) is 12.4 Å². The number of rotatable bonds is 4. The molecule has 0 aromatic carbocycles. The van der Waals surface area contributed by atoms with Crippen LogP contribution in [0.25, 0.3) is 0 Å². The molecule has 1 N–H and O–H groups in total. The average molecular weight is 300 g/mol. The highest BCUT2D eigenvalue weighted by Gasteiger charge is 2.20. The number of nitrogens with one attached hydrogen (secondary N) is 1. The first-order chi connectivity index (χ1) is 8.97. The van der Waals surface area contributed by atoms with E-state index in [0.29, 0.717) is 0 Å². The van der Waals surface area contributed by atoms with E-state index < -0.39 is 4.92 Å². The third kappa shape index (κ3) is 3.15. The second-order valence-corrected chi connectivity index (χ2v) is 5.41. The maximum absolute atomic E-state index is 10.9. The van der Waals surface area contributed by atoms with Crippen molar-refractivity contribution in [2.45, 2.75) is 19.9 Å². The van der Waals surface area contributed by atoms with Crippen molar-refractivity contribution in [3.63, 3.8) is 0 Å². The Morgan fingerprint density at radius 1 is 1.47 bits per heavy atom. The molecule has 0 spiro atoms. The molecule has 1 unspecified atom stereocenters. The Bertz CT molecular complexity index is 618. The summed E-state index contributed by atoms with van der Waals surface area (Å²) in [6.07, 6.45) is 2.83. The molecule has 2 aromatic heterocycles. The van der Waals surface area contributed by atoms with Gasteiger partial charge >= 0.3 is 5.69 Å². The lowest BCUT2D eigenvalue weighted by molar-refractivity contribution is -0.384. The molecule has 100 valence electrons. The van der Waals surface area contributed by atoms with Crippen molar-refractivity contribution in [1.82, 2.24) is 15.0 Å². The highest BCUT2D eigenvalue weighted by Crippen LogP contribution is 2.28. The number of aryl methyl sites for hydroxylation is 1. The number of aromatic nitrogens is 3. The molecule has 9 heteroatoms. The normalized spacial score (nSPS) is 12.2. The number of anilines is 1. The van der Waals surface area contributed by atoms with Gasteiger partial charge in [-0.05, 0) is 25.4 Å². The molecular formula is C10H10ClN5O2S. The summed E-state index contributed by atoms with van der Waals surface area (Å²) in [5.74, 6) is 0.0883. The van der Waals surface area contributed by atoms with Gasteiger partial charge in [-0.1, -0.05) is 0 Å². The average Bonchev–Trinajstić information content (AvgIpc) is 2.75. The molecule has 7 nitrogen and oxygen atoms in total. The van der Waals surface area contributed by atoms with E-state index in [1.807, 2.05) is 13.8 Å². The molecule has 0 aliphatic carbocycles. The summed E-state index contributed by atoms with van der Waals surface area (Å²) < 4.78 is 0. The molecule has 2 aromatic rings. The first-order valence-corrected chi connectivity index (χ1v) is 6.52. The smallest absolute Gasteiger partial charge is 0.329 e. The predicted molar refractivity (Wildman–Crippen MR) is 72.6 cm³/mol. The predicted octanol–water partition coefficient (Wildman–Crippen LogP) is 2.98. The van der Waals surface area contributed by atoms with Crippen LogP contribution in [0.2, 0.25) is 5.28 Å². The van der Waals surface area contributed by atoms with Gasteiger partial charge in [0.2, 0.25) is 11.1 Å². The Morgan fingerprint density at radius 3 is 2.79 bits per heavy atom. The van der Waals surface area contributed by atoms with Crippen LogP contribution in [-0.2, 0) is 0 Å². The van der Waals surface area contributed by atoms with E-state index in [4.69, 9.17) is 11.6 Å². The van der Waals surface area contributed by atoms with Gasteiger partial charge in [-0.15, -0.1) is 11.3 Å². The van der Waals surface area contributed by atoms with Crippen LogP contribution in [-0.4, -0.2) is 19.9 Å². The molecule has 0 saturated carbocycles.